The molecule has 222 valence electrons. The highest BCUT2D eigenvalue weighted by molar-refractivity contribution is 7.14. The SMILES string of the molecule is CC(=O)OC[C@@H](OC(C)=O)[C@H](OC(C)=O)[C@H](OC(C)=O)[C@H](/C=N/N(C)c1nc(-c2ccc(Cl)cc2)cs1)OC(C)=O. The number of hydrogen-bond acceptors (Lipinski definition) is 14. The van der Waals surface area contributed by atoms with Crippen molar-refractivity contribution < 1.29 is 47.7 Å². The van der Waals surface area contributed by atoms with Crippen molar-refractivity contribution in [1.82, 2.24) is 4.98 Å². The second kappa shape index (κ2) is 15.7. The predicted octanol–water partition coefficient (Wildman–Crippen LogP) is 3.18. The quantitative estimate of drug-likeness (QED) is 0.141. The summed E-state index contributed by atoms with van der Waals surface area (Å²) in [5.74, 6) is -3.99. The molecule has 0 aliphatic heterocycles. The van der Waals surface area contributed by atoms with Crippen LogP contribution in [0.2, 0.25) is 5.02 Å². The van der Waals surface area contributed by atoms with E-state index in [2.05, 4.69) is 10.1 Å². The number of anilines is 1. The molecule has 0 amide bonds. The number of benzene rings is 1. The van der Waals surface area contributed by atoms with Crippen molar-refractivity contribution in [2.45, 2.75) is 59.0 Å². The fraction of sp³-hybridized carbons (Fsp3) is 0.423. The maximum absolute atomic E-state index is 12.1. The lowest BCUT2D eigenvalue weighted by Gasteiger charge is -2.34. The summed E-state index contributed by atoms with van der Waals surface area (Å²) in [7, 11) is 1.58. The Kier molecular flexibility index (Phi) is 12.7. The highest BCUT2D eigenvalue weighted by atomic mass is 35.5. The number of halogens is 1. The first-order valence-corrected chi connectivity index (χ1v) is 13.3. The van der Waals surface area contributed by atoms with Crippen molar-refractivity contribution in [3.63, 3.8) is 0 Å². The second-order valence-electron chi connectivity index (χ2n) is 8.48. The van der Waals surface area contributed by atoms with Gasteiger partial charge in [-0.3, -0.25) is 24.0 Å². The van der Waals surface area contributed by atoms with Gasteiger partial charge in [0.25, 0.3) is 0 Å². The van der Waals surface area contributed by atoms with E-state index in [1.165, 1.54) is 16.3 Å². The number of hydrazone groups is 1. The van der Waals surface area contributed by atoms with Gasteiger partial charge in [-0.15, -0.1) is 11.3 Å². The van der Waals surface area contributed by atoms with Crippen LogP contribution in [0.15, 0.2) is 34.7 Å². The van der Waals surface area contributed by atoms with Crippen LogP contribution in [0, 0.1) is 0 Å². The summed E-state index contributed by atoms with van der Waals surface area (Å²) in [6, 6.07) is 7.10. The minimum Gasteiger partial charge on any atom is -0.462 e. The van der Waals surface area contributed by atoms with E-state index in [4.69, 9.17) is 35.3 Å². The summed E-state index contributed by atoms with van der Waals surface area (Å²) in [5, 5.41) is 8.52. The van der Waals surface area contributed by atoms with Crippen LogP contribution in [0.1, 0.15) is 34.6 Å². The molecule has 0 saturated carbocycles. The van der Waals surface area contributed by atoms with Crippen molar-refractivity contribution in [3.05, 3.63) is 34.7 Å². The molecule has 15 heteroatoms. The molecule has 2 aromatic rings. The number of aromatic nitrogens is 1. The Morgan fingerprint density at radius 1 is 0.878 bits per heavy atom. The van der Waals surface area contributed by atoms with E-state index in [-0.39, 0.29) is 0 Å². The lowest BCUT2D eigenvalue weighted by Crippen LogP contribution is -2.53. The van der Waals surface area contributed by atoms with E-state index < -0.39 is 60.9 Å². The average Bonchev–Trinajstić information content (AvgIpc) is 3.36. The summed E-state index contributed by atoms with van der Waals surface area (Å²) in [4.78, 5) is 64.0. The first-order chi connectivity index (χ1) is 19.3. The topological polar surface area (TPSA) is 160 Å². The first kappa shape index (κ1) is 33.2. The maximum Gasteiger partial charge on any atom is 0.303 e. The molecule has 41 heavy (non-hydrogen) atoms. The molecule has 1 aromatic heterocycles. The van der Waals surface area contributed by atoms with E-state index in [1.807, 2.05) is 17.5 Å². The molecule has 1 heterocycles. The van der Waals surface area contributed by atoms with Crippen molar-refractivity contribution in [2.75, 3.05) is 18.7 Å². The van der Waals surface area contributed by atoms with Gasteiger partial charge in [-0.2, -0.15) is 5.10 Å². The molecule has 0 aliphatic carbocycles. The molecule has 2 rings (SSSR count). The van der Waals surface area contributed by atoms with Gasteiger partial charge in [0.05, 0.1) is 11.9 Å². The van der Waals surface area contributed by atoms with Crippen LogP contribution in [0.3, 0.4) is 0 Å². The summed E-state index contributed by atoms with van der Waals surface area (Å²) in [6.07, 6.45) is -4.88. The molecule has 0 bridgehead atoms. The van der Waals surface area contributed by atoms with Crippen LogP contribution in [-0.4, -0.2) is 79.1 Å². The third-order valence-electron chi connectivity index (χ3n) is 4.98. The van der Waals surface area contributed by atoms with Gasteiger partial charge in [0, 0.05) is 57.6 Å². The molecular weight excluding hydrogens is 582 g/mol. The number of rotatable bonds is 13. The highest BCUT2D eigenvalue weighted by Gasteiger charge is 2.43. The van der Waals surface area contributed by atoms with Gasteiger partial charge in [-0.1, -0.05) is 23.7 Å². The van der Waals surface area contributed by atoms with Crippen molar-refractivity contribution in [1.29, 1.82) is 0 Å². The van der Waals surface area contributed by atoms with E-state index in [0.29, 0.717) is 15.8 Å². The Morgan fingerprint density at radius 2 is 1.44 bits per heavy atom. The third kappa shape index (κ3) is 11.2. The van der Waals surface area contributed by atoms with Gasteiger partial charge in [-0.25, -0.2) is 9.99 Å². The highest BCUT2D eigenvalue weighted by Crippen LogP contribution is 2.28. The zero-order valence-electron chi connectivity index (χ0n) is 23.2. The number of esters is 5. The Hall–Kier alpha value is -4.04. The normalized spacial score (nSPS) is 13.8. The zero-order valence-corrected chi connectivity index (χ0v) is 24.8. The smallest absolute Gasteiger partial charge is 0.303 e. The molecule has 0 fully saturated rings. The fourth-order valence-electron chi connectivity index (χ4n) is 3.42. The Labute approximate surface area is 245 Å². The standard InChI is InChI=1S/C26H30ClN3O10S/c1-14(31)36-12-23(38-16(3)33)25(40-18(5)35)24(39-17(4)34)22(37-15(2)32)11-28-30(6)26-29-21(13-41-26)19-7-9-20(27)10-8-19/h7-11,13,22-25H,12H2,1-6H3/b28-11+/t22-,23+,24+,25-/m0/s1. The van der Waals surface area contributed by atoms with Crippen molar-refractivity contribution >= 4 is 64.1 Å². The molecular formula is C26H30ClN3O10S. The van der Waals surface area contributed by atoms with E-state index in [1.54, 1.807) is 19.2 Å². The van der Waals surface area contributed by atoms with Crippen LogP contribution < -0.4 is 5.01 Å². The summed E-state index contributed by atoms with van der Waals surface area (Å²) in [5.41, 5.74) is 1.50. The Bertz CT molecular complexity index is 1270. The van der Waals surface area contributed by atoms with Crippen molar-refractivity contribution in [2.24, 2.45) is 5.10 Å². The van der Waals surface area contributed by atoms with Gasteiger partial charge in [0.1, 0.15) is 6.61 Å². The number of ether oxygens (including phenoxy) is 5. The Morgan fingerprint density at radius 3 is 1.98 bits per heavy atom. The van der Waals surface area contributed by atoms with Gasteiger partial charge >= 0.3 is 29.8 Å². The molecule has 0 unspecified atom stereocenters. The summed E-state index contributed by atoms with van der Waals surface area (Å²) >= 11 is 7.23. The van der Waals surface area contributed by atoms with Crippen LogP contribution in [-0.2, 0) is 47.7 Å². The number of carbonyl (C=O) groups is 5. The largest absolute Gasteiger partial charge is 0.462 e. The lowest BCUT2D eigenvalue weighted by molar-refractivity contribution is -0.197. The van der Waals surface area contributed by atoms with E-state index >= 15 is 0 Å². The zero-order chi connectivity index (χ0) is 30.7. The number of thiazole rings is 1. The first-order valence-electron chi connectivity index (χ1n) is 12.1. The number of nitrogens with zero attached hydrogens (tertiary/aromatic N) is 3. The molecule has 0 N–H and O–H groups in total. The lowest BCUT2D eigenvalue weighted by atomic mass is 10.0. The fourth-order valence-corrected chi connectivity index (χ4v) is 4.31. The summed E-state index contributed by atoms with van der Waals surface area (Å²) in [6.45, 7) is 4.90. The molecule has 1 aromatic carbocycles. The average molecular weight is 612 g/mol. The summed E-state index contributed by atoms with van der Waals surface area (Å²) < 4.78 is 26.3. The minimum absolute atomic E-state index is 0.459. The number of hydrogen-bond donors (Lipinski definition) is 0. The van der Waals surface area contributed by atoms with Crippen LogP contribution in [0.4, 0.5) is 5.13 Å². The van der Waals surface area contributed by atoms with Gasteiger partial charge in [0.2, 0.25) is 5.13 Å². The van der Waals surface area contributed by atoms with E-state index in [0.717, 1.165) is 46.4 Å². The molecule has 13 nitrogen and oxygen atoms in total. The van der Waals surface area contributed by atoms with Crippen LogP contribution in [0.25, 0.3) is 11.3 Å². The molecule has 4 atom stereocenters. The van der Waals surface area contributed by atoms with Gasteiger partial charge in [-0.05, 0) is 12.1 Å². The van der Waals surface area contributed by atoms with Crippen LogP contribution >= 0.6 is 22.9 Å². The van der Waals surface area contributed by atoms with Gasteiger partial charge < -0.3 is 23.7 Å². The van der Waals surface area contributed by atoms with E-state index in [9.17, 15) is 24.0 Å². The third-order valence-corrected chi connectivity index (χ3v) is 6.14. The molecule has 0 aliphatic rings. The Balaban J connectivity index is 2.46. The monoisotopic (exact) mass is 611 g/mol. The minimum atomic E-state index is -1.57. The van der Waals surface area contributed by atoms with Crippen molar-refractivity contribution in [3.8, 4) is 11.3 Å². The number of carbonyl (C=O) groups excluding carboxylic acids is 5. The molecule has 0 spiro atoms. The predicted molar refractivity (Wildman–Crippen MR) is 148 cm³/mol. The molecule has 0 saturated heterocycles. The maximum atomic E-state index is 12.1. The van der Waals surface area contributed by atoms with Gasteiger partial charge in [0.15, 0.2) is 24.4 Å². The second-order valence-corrected chi connectivity index (χ2v) is 9.76. The van der Waals surface area contributed by atoms with Crippen LogP contribution in [0.5, 0.6) is 0 Å². The molecule has 0 radical (unpaired) electrons.